The molecule has 1 saturated heterocycles. The Morgan fingerprint density at radius 3 is 2.44 bits per heavy atom. The number of nitrogens with zero attached hydrogens (tertiary/aromatic N) is 4. The van der Waals surface area contributed by atoms with Crippen molar-refractivity contribution < 1.29 is 9.72 Å². The number of thioether (sulfide) groups is 1. The number of nitro benzene ring substituents is 1. The van der Waals surface area contributed by atoms with E-state index in [1.165, 1.54) is 29.5 Å². The number of carbonyl (C=O) groups excluding carboxylic acids is 1. The molecule has 0 atom stereocenters. The van der Waals surface area contributed by atoms with Gasteiger partial charge in [0.2, 0.25) is 5.91 Å². The summed E-state index contributed by atoms with van der Waals surface area (Å²) in [7, 11) is 0. The maximum absolute atomic E-state index is 12.7. The SMILES string of the molecule is Cc1[nH]c(SCC(=O)N2CCN(c3ccc([N+](=O)[O-])cc3)CC2)nc1Cc1ccccc1. The average molecular weight is 452 g/mol. The predicted octanol–water partition coefficient (Wildman–Crippen LogP) is 3.66. The van der Waals surface area contributed by atoms with Crippen molar-refractivity contribution in [2.45, 2.75) is 18.5 Å². The Kier molecular flexibility index (Phi) is 6.75. The zero-order valence-electron chi connectivity index (χ0n) is 17.9. The van der Waals surface area contributed by atoms with Gasteiger partial charge in [-0.05, 0) is 24.6 Å². The second-order valence-electron chi connectivity index (χ2n) is 7.71. The highest BCUT2D eigenvalue weighted by molar-refractivity contribution is 7.99. The lowest BCUT2D eigenvalue weighted by atomic mass is 10.1. The van der Waals surface area contributed by atoms with E-state index in [1.807, 2.05) is 30.0 Å². The molecule has 0 spiro atoms. The Hall–Kier alpha value is -3.33. The highest BCUT2D eigenvalue weighted by Gasteiger charge is 2.22. The minimum atomic E-state index is -0.400. The fourth-order valence-corrected chi connectivity index (χ4v) is 4.56. The summed E-state index contributed by atoms with van der Waals surface area (Å²) in [6.07, 6.45) is 0.766. The summed E-state index contributed by atoms with van der Waals surface area (Å²) in [5.74, 6) is 0.437. The van der Waals surface area contributed by atoms with Crippen molar-refractivity contribution in [1.29, 1.82) is 0 Å². The van der Waals surface area contributed by atoms with Gasteiger partial charge in [0.25, 0.3) is 5.69 Å². The van der Waals surface area contributed by atoms with E-state index in [-0.39, 0.29) is 11.6 Å². The van der Waals surface area contributed by atoms with E-state index in [9.17, 15) is 14.9 Å². The first kappa shape index (κ1) is 21.9. The van der Waals surface area contributed by atoms with Gasteiger partial charge in [0, 0.05) is 56.1 Å². The van der Waals surface area contributed by atoms with E-state index in [0.717, 1.165) is 28.7 Å². The number of aryl methyl sites for hydroxylation is 1. The second-order valence-corrected chi connectivity index (χ2v) is 8.67. The molecule has 166 valence electrons. The van der Waals surface area contributed by atoms with Gasteiger partial charge in [0.15, 0.2) is 5.16 Å². The summed E-state index contributed by atoms with van der Waals surface area (Å²) >= 11 is 1.43. The highest BCUT2D eigenvalue weighted by Crippen LogP contribution is 2.22. The zero-order chi connectivity index (χ0) is 22.5. The Morgan fingerprint density at radius 1 is 1.09 bits per heavy atom. The lowest BCUT2D eigenvalue weighted by Crippen LogP contribution is -2.49. The van der Waals surface area contributed by atoms with Gasteiger partial charge < -0.3 is 14.8 Å². The molecule has 1 aliphatic rings. The van der Waals surface area contributed by atoms with Crippen LogP contribution < -0.4 is 4.90 Å². The number of non-ortho nitro benzene ring substituents is 1. The molecule has 0 aliphatic carbocycles. The normalized spacial score (nSPS) is 13.9. The van der Waals surface area contributed by atoms with Crippen molar-refractivity contribution in [3.05, 3.63) is 81.7 Å². The molecule has 4 rings (SSSR count). The number of H-pyrrole nitrogens is 1. The number of imidazole rings is 1. The maximum atomic E-state index is 12.7. The van der Waals surface area contributed by atoms with Gasteiger partial charge in [-0.3, -0.25) is 14.9 Å². The van der Waals surface area contributed by atoms with Gasteiger partial charge in [-0.15, -0.1) is 0 Å². The van der Waals surface area contributed by atoms with Crippen LogP contribution in [0.2, 0.25) is 0 Å². The third kappa shape index (κ3) is 5.28. The van der Waals surface area contributed by atoms with Crippen LogP contribution in [0.15, 0.2) is 59.8 Å². The van der Waals surface area contributed by atoms with E-state index in [4.69, 9.17) is 0 Å². The van der Waals surface area contributed by atoms with Gasteiger partial charge in [-0.1, -0.05) is 42.1 Å². The summed E-state index contributed by atoms with van der Waals surface area (Å²) in [5.41, 5.74) is 4.26. The molecule has 9 heteroatoms. The van der Waals surface area contributed by atoms with Crippen molar-refractivity contribution in [1.82, 2.24) is 14.9 Å². The first-order valence-electron chi connectivity index (χ1n) is 10.5. The van der Waals surface area contributed by atoms with Gasteiger partial charge in [-0.25, -0.2) is 4.98 Å². The van der Waals surface area contributed by atoms with Crippen LogP contribution in [0.3, 0.4) is 0 Å². The topological polar surface area (TPSA) is 95.4 Å². The van der Waals surface area contributed by atoms with Crippen LogP contribution in [-0.4, -0.2) is 57.6 Å². The third-order valence-corrected chi connectivity index (χ3v) is 6.43. The van der Waals surface area contributed by atoms with Gasteiger partial charge in [0.1, 0.15) is 0 Å². The number of nitro groups is 1. The Balaban J connectivity index is 1.26. The summed E-state index contributed by atoms with van der Waals surface area (Å²) in [6.45, 7) is 4.68. The van der Waals surface area contributed by atoms with Crippen LogP contribution in [0.5, 0.6) is 0 Å². The number of nitrogens with one attached hydrogen (secondary N) is 1. The average Bonchev–Trinajstić information content (AvgIpc) is 3.17. The molecule has 1 fully saturated rings. The fourth-order valence-electron chi connectivity index (χ4n) is 3.72. The monoisotopic (exact) mass is 451 g/mol. The number of amides is 1. The minimum absolute atomic E-state index is 0.0830. The number of piperazine rings is 1. The summed E-state index contributed by atoms with van der Waals surface area (Å²) in [5, 5.41) is 11.6. The smallest absolute Gasteiger partial charge is 0.269 e. The molecule has 2 heterocycles. The molecule has 0 unspecified atom stereocenters. The number of carbonyl (C=O) groups is 1. The molecular formula is C23H25N5O3S. The molecule has 2 aromatic carbocycles. The van der Waals surface area contributed by atoms with Crippen LogP contribution >= 0.6 is 11.8 Å². The van der Waals surface area contributed by atoms with Gasteiger partial charge in [0.05, 0.1) is 16.4 Å². The number of aromatic amines is 1. The molecule has 0 saturated carbocycles. The number of hydrogen-bond acceptors (Lipinski definition) is 6. The molecule has 32 heavy (non-hydrogen) atoms. The molecule has 1 N–H and O–H groups in total. The summed E-state index contributed by atoms with van der Waals surface area (Å²) in [4.78, 5) is 35.1. The number of benzene rings is 2. The fraction of sp³-hybridized carbons (Fsp3) is 0.304. The Bertz CT molecular complexity index is 1080. The second kappa shape index (κ2) is 9.86. The predicted molar refractivity (Wildman–Crippen MR) is 125 cm³/mol. The van der Waals surface area contributed by atoms with Crippen LogP contribution in [0.25, 0.3) is 0 Å². The van der Waals surface area contributed by atoms with Crippen molar-refractivity contribution in [3.63, 3.8) is 0 Å². The van der Waals surface area contributed by atoms with Gasteiger partial charge in [-0.2, -0.15) is 0 Å². The molecule has 8 nitrogen and oxygen atoms in total. The van der Waals surface area contributed by atoms with Crippen molar-refractivity contribution >= 4 is 29.0 Å². The summed E-state index contributed by atoms with van der Waals surface area (Å²) < 4.78 is 0. The number of rotatable bonds is 7. The van der Waals surface area contributed by atoms with Crippen LogP contribution in [0.4, 0.5) is 11.4 Å². The molecule has 0 radical (unpaired) electrons. The number of aromatic nitrogens is 2. The minimum Gasteiger partial charge on any atom is -0.368 e. The molecule has 0 bridgehead atoms. The quantitative estimate of drug-likeness (QED) is 0.335. The van der Waals surface area contributed by atoms with E-state index >= 15 is 0 Å². The molecule has 3 aromatic rings. The standard InChI is InChI=1S/C23H25N5O3S/c1-17-21(15-18-5-3-2-4-6-18)25-23(24-17)32-16-22(29)27-13-11-26(12-14-27)19-7-9-20(10-8-19)28(30)31/h2-10H,11-16H2,1H3,(H,24,25). The van der Waals surface area contributed by atoms with E-state index in [2.05, 4.69) is 27.0 Å². The molecule has 1 aliphatic heterocycles. The first-order valence-corrected chi connectivity index (χ1v) is 11.5. The van der Waals surface area contributed by atoms with E-state index in [0.29, 0.717) is 31.9 Å². The van der Waals surface area contributed by atoms with E-state index in [1.54, 1.807) is 12.1 Å². The van der Waals surface area contributed by atoms with Gasteiger partial charge >= 0.3 is 0 Å². The van der Waals surface area contributed by atoms with Crippen LogP contribution in [0.1, 0.15) is 17.0 Å². The third-order valence-electron chi connectivity index (χ3n) is 5.57. The highest BCUT2D eigenvalue weighted by atomic mass is 32.2. The molecule has 1 aromatic heterocycles. The van der Waals surface area contributed by atoms with Crippen molar-refractivity contribution in [2.75, 3.05) is 36.8 Å². The summed E-state index contributed by atoms with van der Waals surface area (Å²) in [6, 6.07) is 16.8. The largest absolute Gasteiger partial charge is 0.368 e. The molecular weight excluding hydrogens is 426 g/mol. The Labute approximate surface area is 190 Å². The van der Waals surface area contributed by atoms with Crippen molar-refractivity contribution in [2.24, 2.45) is 0 Å². The van der Waals surface area contributed by atoms with Crippen LogP contribution in [-0.2, 0) is 11.2 Å². The van der Waals surface area contributed by atoms with Crippen molar-refractivity contribution in [3.8, 4) is 0 Å². The maximum Gasteiger partial charge on any atom is 0.269 e. The van der Waals surface area contributed by atoms with Crippen LogP contribution in [0, 0.1) is 17.0 Å². The molecule has 1 amide bonds. The first-order chi connectivity index (χ1) is 15.5. The Morgan fingerprint density at radius 2 is 1.78 bits per heavy atom. The lowest BCUT2D eigenvalue weighted by molar-refractivity contribution is -0.384. The lowest BCUT2D eigenvalue weighted by Gasteiger charge is -2.36. The van der Waals surface area contributed by atoms with E-state index < -0.39 is 4.92 Å². The number of hydrogen-bond donors (Lipinski definition) is 1. The number of anilines is 1. The zero-order valence-corrected chi connectivity index (χ0v) is 18.7.